The predicted molar refractivity (Wildman–Crippen MR) is 133 cm³/mol. The maximum Gasteiger partial charge on any atom is 0.266 e. The average Bonchev–Trinajstić information content (AvgIpc) is 2.76. The van der Waals surface area contributed by atoms with Crippen molar-refractivity contribution in [2.75, 3.05) is 5.32 Å². The number of hydrogen-bond donors (Lipinski definition) is 1. The molecule has 3 aromatic rings. The van der Waals surface area contributed by atoms with Gasteiger partial charge in [-0.15, -0.1) is 0 Å². The molecule has 1 N–H and O–H groups in total. The molecule has 0 bridgehead atoms. The maximum absolute atomic E-state index is 12.6. The number of nitrogens with zero attached hydrogens (tertiary/aromatic N) is 1. The zero-order valence-electron chi connectivity index (χ0n) is 16.8. The first-order valence-electron chi connectivity index (χ1n) is 9.33. The fourth-order valence-electron chi connectivity index (χ4n) is 2.78. The quantitative estimate of drug-likeness (QED) is 0.251. The fourth-order valence-corrected chi connectivity index (χ4v) is 4.07. The van der Waals surface area contributed by atoms with Crippen LogP contribution in [-0.2, 0) is 11.4 Å². The number of carbonyl (C=O) groups is 1. The minimum absolute atomic E-state index is 0.0813. The van der Waals surface area contributed by atoms with E-state index in [1.54, 1.807) is 49.4 Å². The average molecular weight is 551 g/mol. The molecule has 0 saturated carbocycles. The van der Waals surface area contributed by atoms with E-state index in [-0.39, 0.29) is 5.57 Å². The predicted octanol–water partition coefficient (Wildman–Crippen LogP) is 7.84. The van der Waals surface area contributed by atoms with Crippen LogP contribution in [-0.4, -0.2) is 5.91 Å². The molecule has 0 aliphatic carbocycles. The Kier molecular flexibility index (Phi) is 8.22. The lowest BCUT2D eigenvalue weighted by Gasteiger charge is -2.12. The van der Waals surface area contributed by atoms with E-state index in [4.69, 9.17) is 39.5 Å². The number of hydrogen-bond acceptors (Lipinski definition) is 3. The van der Waals surface area contributed by atoms with Gasteiger partial charge in [0.05, 0.1) is 9.50 Å². The minimum Gasteiger partial charge on any atom is -0.486 e. The third-order valence-electron chi connectivity index (χ3n) is 4.51. The summed E-state index contributed by atoms with van der Waals surface area (Å²) in [6.45, 7) is 2.09. The second kappa shape index (κ2) is 10.9. The highest BCUT2D eigenvalue weighted by Crippen LogP contribution is 2.36. The zero-order chi connectivity index (χ0) is 23.3. The van der Waals surface area contributed by atoms with Crippen LogP contribution in [0, 0.1) is 18.3 Å². The van der Waals surface area contributed by atoms with Crippen LogP contribution in [0.3, 0.4) is 0 Å². The molecule has 0 aliphatic rings. The summed E-state index contributed by atoms with van der Waals surface area (Å²) in [5.41, 5.74) is 2.67. The first-order chi connectivity index (χ1) is 15.3. The summed E-state index contributed by atoms with van der Waals surface area (Å²) in [4.78, 5) is 12.6. The Morgan fingerprint density at radius 1 is 1.12 bits per heavy atom. The van der Waals surface area contributed by atoms with Gasteiger partial charge in [0.1, 0.15) is 18.2 Å². The number of ether oxygens (including phenoxy) is 1. The standard InChI is InChI=1S/C24H16BrCl3N2O2/c1-14-20(27)3-2-4-22(14)30-24(31)17(12-29)9-16-10-19(25)23(21(28)11-16)32-13-15-5-7-18(26)8-6-15/h2-11H,13H2,1H3,(H,30,31)/b17-9-. The molecule has 4 nitrogen and oxygen atoms in total. The minimum atomic E-state index is -0.548. The summed E-state index contributed by atoms with van der Waals surface area (Å²) in [6, 6.07) is 17.7. The number of amides is 1. The van der Waals surface area contributed by atoms with Crippen LogP contribution in [0.15, 0.2) is 64.6 Å². The van der Waals surface area contributed by atoms with E-state index in [2.05, 4.69) is 21.2 Å². The van der Waals surface area contributed by atoms with E-state index in [1.165, 1.54) is 6.08 Å². The molecule has 162 valence electrons. The van der Waals surface area contributed by atoms with Crippen molar-refractivity contribution in [2.45, 2.75) is 13.5 Å². The van der Waals surface area contributed by atoms with Gasteiger partial charge >= 0.3 is 0 Å². The van der Waals surface area contributed by atoms with Crippen molar-refractivity contribution < 1.29 is 9.53 Å². The summed E-state index contributed by atoms with van der Waals surface area (Å²) in [5, 5.41) is 13.7. The highest BCUT2D eigenvalue weighted by molar-refractivity contribution is 9.10. The Morgan fingerprint density at radius 3 is 2.50 bits per heavy atom. The van der Waals surface area contributed by atoms with Crippen LogP contribution in [0.5, 0.6) is 5.75 Å². The number of halogens is 4. The summed E-state index contributed by atoms with van der Waals surface area (Å²) in [7, 11) is 0. The molecule has 32 heavy (non-hydrogen) atoms. The molecule has 0 saturated heterocycles. The molecule has 8 heteroatoms. The molecule has 0 fully saturated rings. The van der Waals surface area contributed by atoms with Gasteiger partial charge in [-0.25, -0.2) is 0 Å². The molecule has 3 rings (SSSR count). The van der Waals surface area contributed by atoms with Crippen molar-refractivity contribution in [1.29, 1.82) is 5.26 Å². The number of carbonyl (C=O) groups excluding carboxylic acids is 1. The molecule has 0 aliphatic heterocycles. The van der Waals surface area contributed by atoms with Gasteiger partial charge in [-0.1, -0.05) is 53.0 Å². The number of rotatable bonds is 6. The van der Waals surface area contributed by atoms with Crippen LogP contribution in [0.4, 0.5) is 5.69 Å². The van der Waals surface area contributed by atoms with Crippen LogP contribution in [0.2, 0.25) is 15.1 Å². The Balaban J connectivity index is 1.78. The monoisotopic (exact) mass is 548 g/mol. The van der Waals surface area contributed by atoms with Crippen molar-refractivity contribution in [3.05, 3.63) is 96.4 Å². The molecule has 0 radical (unpaired) electrons. The lowest BCUT2D eigenvalue weighted by atomic mass is 10.1. The Hall–Kier alpha value is -2.49. The SMILES string of the molecule is Cc1c(Cl)cccc1NC(=O)/C(C#N)=C\c1cc(Cl)c(OCc2ccc(Cl)cc2)c(Br)c1. The van der Waals surface area contributed by atoms with Crippen molar-refractivity contribution >= 4 is 68.4 Å². The summed E-state index contributed by atoms with van der Waals surface area (Å²) >= 11 is 21.8. The number of nitriles is 1. The van der Waals surface area contributed by atoms with Gasteiger partial charge in [0.15, 0.2) is 5.75 Å². The summed E-state index contributed by atoms with van der Waals surface area (Å²) in [5.74, 6) is -0.0931. The molecule has 0 unspecified atom stereocenters. The first-order valence-corrected chi connectivity index (χ1v) is 11.3. The van der Waals surface area contributed by atoms with Gasteiger partial charge in [-0.3, -0.25) is 4.79 Å². The normalized spacial score (nSPS) is 11.1. The van der Waals surface area contributed by atoms with Crippen molar-refractivity contribution in [3.63, 3.8) is 0 Å². The zero-order valence-corrected chi connectivity index (χ0v) is 20.6. The number of benzene rings is 3. The smallest absolute Gasteiger partial charge is 0.266 e. The first kappa shape index (κ1) is 24.2. The van der Waals surface area contributed by atoms with Gasteiger partial charge in [0.2, 0.25) is 0 Å². The molecule has 0 spiro atoms. The summed E-state index contributed by atoms with van der Waals surface area (Å²) in [6.07, 6.45) is 1.45. The topological polar surface area (TPSA) is 62.1 Å². The van der Waals surface area contributed by atoms with Crippen LogP contribution < -0.4 is 10.1 Å². The van der Waals surface area contributed by atoms with Crippen LogP contribution >= 0.6 is 50.7 Å². The van der Waals surface area contributed by atoms with Crippen LogP contribution in [0.25, 0.3) is 6.08 Å². The highest BCUT2D eigenvalue weighted by Gasteiger charge is 2.14. The largest absolute Gasteiger partial charge is 0.486 e. The molecular formula is C24H16BrCl3N2O2. The Bertz CT molecular complexity index is 1210. The second-order valence-corrected chi connectivity index (χ2v) is 8.87. The molecular weight excluding hydrogens is 535 g/mol. The van der Waals surface area contributed by atoms with E-state index in [0.29, 0.717) is 48.7 Å². The molecule has 1 amide bonds. The van der Waals surface area contributed by atoms with Crippen LogP contribution in [0.1, 0.15) is 16.7 Å². The van der Waals surface area contributed by atoms with Crippen molar-refractivity contribution in [2.24, 2.45) is 0 Å². The number of anilines is 1. The second-order valence-electron chi connectivity index (χ2n) is 6.77. The Morgan fingerprint density at radius 2 is 1.84 bits per heavy atom. The van der Waals surface area contributed by atoms with Crippen molar-refractivity contribution in [1.82, 2.24) is 0 Å². The highest BCUT2D eigenvalue weighted by atomic mass is 79.9. The maximum atomic E-state index is 12.6. The third-order valence-corrected chi connectivity index (χ3v) is 6.04. The van der Waals surface area contributed by atoms with E-state index in [0.717, 1.165) is 5.56 Å². The van der Waals surface area contributed by atoms with E-state index in [1.807, 2.05) is 18.2 Å². The molecule has 0 aromatic heterocycles. The van der Waals surface area contributed by atoms with E-state index in [9.17, 15) is 10.1 Å². The fraction of sp³-hybridized carbons (Fsp3) is 0.0833. The Labute approximate surface area is 209 Å². The van der Waals surface area contributed by atoms with Gasteiger partial charge in [0, 0.05) is 15.7 Å². The van der Waals surface area contributed by atoms with Gasteiger partial charge < -0.3 is 10.1 Å². The van der Waals surface area contributed by atoms with Gasteiger partial charge in [-0.2, -0.15) is 5.26 Å². The molecule has 0 atom stereocenters. The molecule has 0 heterocycles. The van der Waals surface area contributed by atoms with E-state index < -0.39 is 5.91 Å². The van der Waals surface area contributed by atoms with Crippen molar-refractivity contribution in [3.8, 4) is 11.8 Å². The lowest BCUT2D eigenvalue weighted by Crippen LogP contribution is -2.14. The van der Waals surface area contributed by atoms with Gasteiger partial charge in [-0.05, 0) is 82.0 Å². The summed E-state index contributed by atoms with van der Waals surface area (Å²) < 4.78 is 6.42. The molecule has 3 aromatic carbocycles. The van der Waals surface area contributed by atoms with E-state index >= 15 is 0 Å². The van der Waals surface area contributed by atoms with Gasteiger partial charge in [0.25, 0.3) is 5.91 Å². The number of nitrogens with one attached hydrogen (secondary N) is 1. The lowest BCUT2D eigenvalue weighted by molar-refractivity contribution is -0.112. The third kappa shape index (κ3) is 6.05.